The van der Waals surface area contributed by atoms with Crippen LogP contribution in [0.25, 0.3) is 0 Å². The Morgan fingerprint density at radius 2 is 2.25 bits per heavy atom. The fourth-order valence-electron chi connectivity index (χ4n) is 2.33. The third-order valence-corrected chi connectivity index (χ3v) is 3.73. The van der Waals surface area contributed by atoms with Crippen LogP contribution < -0.4 is 10.1 Å². The number of ether oxygens (including phenoxy) is 1. The first kappa shape index (κ1) is 13.7. The van der Waals surface area contributed by atoms with Gasteiger partial charge in [0, 0.05) is 23.0 Å². The molecule has 1 aliphatic rings. The molecule has 0 radical (unpaired) electrons. The molecule has 1 aliphatic heterocycles. The van der Waals surface area contributed by atoms with E-state index in [1.807, 2.05) is 13.0 Å². The fraction of sp³-hybridized carbons (Fsp3) is 0.357. The van der Waals surface area contributed by atoms with Crippen molar-refractivity contribution in [2.45, 2.75) is 25.9 Å². The van der Waals surface area contributed by atoms with Gasteiger partial charge in [-0.15, -0.1) is 0 Å². The topological polar surface area (TPSA) is 47.3 Å². The number of nitrogens with zero attached hydrogens (tertiary/aromatic N) is 1. The highest BCUT2D eigenvalue weighted by Gasteiger charge is 2.24. The number of fused-ring (bicyclic) bond motifs is 1. The summed E-state index contributed by atoms with van der Waals surface area (Å²) in [6.07, 6.45) is 2.56. The Morgan fingerprint density at radius 1 is 1.40 bits per heavy atom. The van der Waals surface area contributed by atoms with Crippen LogP contribution in [0.4, 0.5) is 0 Å². The number of hydrogen-bond donors (Lipinski definition) is 1. The van der Waals surface area contributed by atoms with Gasteiger partial charge in [-0.3, -0.25) is 0 Å². The quantitative estimate of drug-likeness (QED) is 0.933. The van der Waals surface area contributed by atoms with Crippen molar-refractivity contribution >= 4 is 23.2 Å². The lowest BCUT2D eigenvalue weighted by molar-refractivity contribution is 0.249. The van der Waals surface area contributed by atoms with Crippen molar-refractivity contribution in [1.29, 1.82) is 0 Å². The third kappa shape index (κ3) is 2.77. The van der Waals surface area contributed by atoms with Gasteiger partial charge in [-0.05, 0) is 19.1 Å². The average molecular weight is 313 g/mol. The summed E-state index contributed by atoms with van der Waals surface area (Å²) >= 11 is 12.2. The highest BCUT2D eigenvalue weighted by atomic mass is 35.5. The van der Waals surface area contributed by atoms with E-state index in [9.17, 15) is 0 Å². The van der Waals surface area contributed by atoms with Gasteiger partial charge in [0.1, 0.15) is 11.5 Å². The lowest BCUT2D eigenvalue weighted by Gasteiger charge is -2.27. The minimum absolute atomic E-state index is 0.127. The van der Waals surface area contributed by atoms with Crippen LogP contribution in [-0.4, -0.2) is 11.6 Å². The second-order valence-electron chi connectivity index (χ2n) is 4.74. The molecule has 0 saturated heterocycles. The van der Waals surface area contributed by atoms with Gasteiger partial charge in [-0.2, -0.15) is 0 Å². The number of aryl methyl sites for hydroxylation is 1. The number of hydrogen-bond acceptors (Lipinski definition) is 4. The first-order valence-electron chi connectivity index (χ1n) is 6.40. The molecule has 3 rings (SSSR count). The molecule has 0 fully saturated rings. The highest BCUT2D eigenvalue weighted by Crippen LogP contribution is 2.39. The molecule has 1 N–H and O–H groups in total. The highest BCUT2D eigenvalue weighted by molar-refractivity contribution is 6.35. The fourth-order valence-corrected chi connectivity index (χ4v) is 2.90. The number of rotatable bonds is 3. The van der Waals surface area contributed by atoms with Crippen molar-refractivity contribution in [3.63, 3.8) is 0 Å². The monoisotopic (exact) mass is 312 g/mol. The van der Waals surface area contributed by atoms with Crippen molar-refractivity contribution in [1.82, 2.24) is 10.3 Å². The van der Waals surface area contributed by atoms with Gasteiger partial charge in [-0.25, -0.2) is 4.98 Å². The van der Waals surface area contributed by atoms with E-state index in [2.05, 4.69) is 10.3 Å². The smallest absolute Gasteiger partial charge is 0.208 e. The summed E-state index contributed by atoms with van der Waals surface area (Å²) in [4.78, 5) is 4.18. The molecule has 1 atom stereocenters. The van der Waals surface area contributed by atoms with Crippen molar-refractivity contribution in [3.8, 4) is 5.75 Å². The number of benzene rings is 1. The number of halogens is 2. The molecule has 0 amide bonds. The summed E-state index contributed by atoms with van der Waals surface area (Å²) in [6.45, 7) is 3.05. The van der Waals surface area contributed by atoms with Gasteiger partial charge in [0.25, 0.3) is 0 Å². The van der Waals surface area contributed by atoms with Crippen LogP contribution in [0.2, 0.25) is 10.0 Å². The Balaban J connectivity index is 1.79. The van der Waals surface area contributed by atoms with E-state index in [4.69, 9.17) is 32.4 Å². The zero-order valence-corrected chi connectivity index (χ0v) is 12.5. The van der Waals surface area contributed by atoms with Crippen molar-refractivity contribution in [3.05, 3.63) is 45.6 Å². The second-order valence-corrected chi connectivity index (χ2v) is 5.58. The summed E-state index contributed by atoms with van der Waals surface area (Å²) in [5, 5.41) is 4.56. The van der Waals surface area contributed by atoms with Crippen molar-refractivity contribution in [2.75, 3.05) is 6.61 Å². The summed E-state index contributed by atoms with van der Waals surface area (Å²) in [7, 11) is 0. The Kier molecular flexibility index (Phi) is 3.87. The van der Waals surface area contributed by atoms with E-state index in [0.717, 1.165) is 17.7 Å². The molecule has 0 saturated carbocycles. The molecule has 4 nitrogen and oxygen atoms in total. The van der Waals surface area contributed by atoms with E-state index in [0.29, 0.717) is 34.8 Å². The molecule has 106 valence electrons. The molecule has 1 unspecified atom stereocenters. The Morgan fingerprint density at radius 3 is 3.00 bits per heavy atom. The largest absolute Gasteiger partial charge is 0.492 e. The summed E-state index contributed by atoms with van der Waals surface area (Å²) in [6, 6.07) is 3.71. The molecule has 1 aromatic heterocycles. The van der Waals surface area contributed by atoms with Crippen molar-refractivity contribution < 1.29 is 9.15 Å². The Bertz CT molecular complexity index is 628. The first-order chi connectivity index (χ1) is 9.63. The molecule has 0 bridgehead atoms. The zero-order chi connectivity index (χ0) is 14.1. The van der Waals surface area contributed by atoms with Crippen LogP contribution >= 0.6 is 23.2 Å². The van der Waals surface area contributed by atoms with Crippen LogP contribution in [0.3, 0.4) is 0 Å². The minimum Gasteiger partial charge on any atom is -0.492 e. The van der Waals surface area contributed by atoms with Gasteiger partial charge in [-0.1, -0.05) is 23.2 Å². The normalized spacial score (nSPS) is 17.6. The van der Waals surface area contributed by atoms with Gasteiger partial charge in [0.05, 0.1) is 24.4 Å². The van der Waals surface area contributed by atoms with Crippen LogP contribution in [-0.2, 0) is 6.54 Å². The average Bonchev–Trinajstić information content (AvgIpc) is 2.82. The Hall–Kier alpha value is -1.23. The zero-order valence-electron chi connectivity index (χ0n) is 11.0. The molecule has 6 heteroatoms. The summed E-state index contributed by atoms with van der Waals surface area (Å²) in [5.41, 5.74) is 0.983. The maximum absolute atomic E-state index is 6.17. The minimum atomic E-state index is 0.127. The van der Waals surface area contributed by atoms with Crippen molar-refractivity contribution in [2.24, 2.45) is 0 Å². The summed E-state index contributed by atoms with van der Waals surface area (Å²) in [5.74, 6) is 2.19. The molecule has 0 spiro atoms. The molecule has 20 heavy (non-hydrogen) atoms. The molecular formula is C14H14Cl2N2O2. The Labute approximate surface area is 127 Å². The maximum atomic E-state index is 6.17. The van der Waals surface area contributed by atoms with E-state index in [-0.39, 0.29) is 6.04 Å². The number of aromatic nitrogens is 1. The SMILES string of the molecule is Cc1cnc(CNC2CCOc3c(Cl)cc(Cl)cc32)o1. The van der Waals surface area contributed by atoms with E-state index >= 15 is 0 Å². The summed E-state index contributed by atoms with van der Waals surface area (Å²) < 4.78 is 11.1. The lowest BCUT2D eigenvalue weighted by Crippen LogP contribution is -2.27. The third-order valence-electron chi connectivity index (χ3n) is 3.23. The van der Waals surface area contributed by atoms with Crippen LogP contribution in [0.1, 0.15) is 29.7 Å². The first-order valence-corrected chi connectivity index (χ1v) is 7.15. The predicted molar refractivity (Wildman–Crippen MR) is 77.4 cm³/mol. The predicted octanol–water partition coefficient (Wildman–Crippen LogP) is 3.90. The van der Waals surface area contributed by atoms with Gasteiger partial charge >= 0.3 is 0 Å². The van der Waals surface area contributed by atoms with Crippen LogP contribution in [0.5, 0.6) is 5.75 Å². The van der Waals surface area contributed by atoms with Crippen LogP contribution in [0.15, 0.2) is 22.7 Å². The molecule has 1 aromatic carbocycles. The van der Waals surface area contributed by atoms with Gasteiger partial charge in [0.2, 0.25) is 5.89 Å². The van der Waals surface area contributed by atoms with Crippen LogP contribution in [0, 0.1) is 6.92 Å². The van der Waals surface area contributed by atoms with E-state index in [1.165, 1.54) is 0 Å². The molecule has 2 aromatic rings. The number of oxazole rings is 1. The van der Waals surface area contributed by atoms with Gasteiger partial charge < -0.3 is 14.5 Å². The lowest BCUT2D eigenvalue weighted by atomic mass is 10.0. The second kappa shape index (κ2) is 5.64. The van der Waals surface area contributed by atoms with Gasteiger partial charge in [0.15, 0.2) is 0 Å². The standard InChI is InChI=1S/C14H14Cl2N2O2/c1-8-6-18-13(20-8)7-17-12-2-3-19-14-10(12)4-9(15)5-11(14)16/h4-6,12,17H,2-3,7H2,1H3. The van der Waals surface area contributed by atoms with E-state index < -0.39 is 0 Å². The molecule has 0 aliphatic carbocycles. The van der Waals surface area contributed by atoms with E-state index in [1.54, 1.807) is 12.3 Å². The number of nitrogens with one attached hydrogen (secondary N) is 1. The molecule has 2 heterocycles. The maximum Gasteiger partial charge on any atom is 0.208 e. The molecular weight excluding hydrogens is 299 g/mol.